The van der Waals surface area contributed by atoms with E-state index >= 15 is 0 Å². The third-order valence-electron chi connectivity index (χ3n) is 1.44. The first-order chi connectivity index (χ1) is 5.67. The summed E-state index contributed by atoms with van der Waals surface area (Å²) in [6.45, 7) is 3.24. The fraction of sp³-hybridized carbons (Fsp3) is 0.800. The lowest BCUT2D eigenvalue weighted by molar-refractivity contribution is 0.460. The third-order valence-corrected chi connectivity index (χ3v) is 3.51. The molecule has 0 amide bonds. The molecule has 0 saturated carbocycles. The van der Waals surface area contributed by atoms with E-state index in [-0.39, 0.29) is 12.8 Å². The molecule has 8 heteroatoms. The molecule has 0 aromatic heterocycles. The van der Waals surface area contributed by atoms with Gasteiger partial charge in [0.2, 0.25) is 0 Å². The predicted octanol–water partition coefficient (Wildman–Crippen LogP) is -0.255. The monoisotopic (exact) mass is 231 g/mol. The Morgan fingerprint density at radius 1 is 1.15 bits per heavy atom. The summed E-state index contributed by atoms with van der Waals surface area (Å²) in [5.41, 5.74) is 0. The zero-order valence-corrected chi connectivity index (χ0v) is 8.38. The Bertz CT molecular complexity index is 339. The van der Waals surface area contributed by atoms with Crippen molar-refractivity contribution in [3.8, 4) is 0 Å². The summed E-state index contributed by atoms with van der Waals surface area (Å²) in [4.78, 5) is 0. The van der Waals surface area contributed by atoms with Crippen LogP contribution >= 0.6 is 0 Å². The van der Waals surface area contributed by atoms with E-state index in [2.05, 4.69) is 6.92 Å². The smallest absolute Gasteiger partial charge is 0.267 e. The highest BCUT2D eigenvalue weighted by atomic mass is 32.2. The SMILES string of the molecule is [CH2]CC(CCS(=O)(=O)O)S(=O)(=O)O. The number of rotatable bonds is 5. The lowest BCUT2D eigenvalue weighted by Gasteiger charge is -2.09. The molecule has 0 rings (SSSR count). The van der Waals surface area contributed by atoms with Crippen LogP contribution in [0.25, 0.3) is 0 Å². The maximum atomic E-state index is 10.5. The Labute approximate surface area is 77.5 Å². The zero-order chi connectivity index (χ0) is 10.7. The van der Waals surface area contributed by atoms with Gasteiger partial charge in [-0.15, -0.1) is 0 Å². The van der Waals surface area contributed by atoms with Crippen molar-refractivity contribution >= 4 is 20.2 Å². The minimum Gasteiger partial charge on any atom is -0.286 e. The van der Waals surface area contributed by atoms with Crippen molar-refractivity contribution in [1.82, 2.24) is 0 Å². The van der Waals surface area contributed by atoms with Crippen LogP contribution in [0.4, 0.5) is 0 Å². The highest BCUT2D eigenvalue weighted by Crippen LogP contribution is 2.09. The molecule has 0 spiro atoms. The van der Waals surface area contributed by atoms with Gasteiger partial charge in [-0.1, -0.05) is 6.92 Å². The standard InChI is InChI=1S/C5H11O6S2/c1-2-5(13(9,10)11)3-4-12(6,7)8/h5H,1-4H2,(H,6,7,8)(H,9,10,11). The molecule has 0 saturated heterocycles. The normalized spacial score (nSPS) is 15.6. The highest BCUT2D eigenvalue weighted by molar-refractivity contribution is 7.87. The summed E-state index contributed by atoms with van der Waals surface area (Å²) in [6, 6.07) is 0. The van der Waals surface area contributed by atoms with Gasteiger partial charge in [-0.05, 0) is 12.8 Å². The van der Waals surface area contributed by atoms with Crippen molar-refractivity contribution in [2.45, 2.75) is 18.1 Å². The van der Waals surface area contributed by atoms with Gasteiger partial charge in [0.25, 0.3) is 20.2 Å². The Morgan fingerprint density at radius 3 is 1.85 bits per heavy atom. The maximum Gasteiger partial charge on any atom is 0.267 e. The second-order valence-electron chi connectivity index (χ2n) is 2.50. The predicted molar refractivity (Wildman–Crippen MR) is 46.3 cm³/mol. The van der Waals surface area contributed by atoms with Gasteiger partial charge in [0.15, 0.2) is 0 Å². The van der Waals surface area contributed by atoms with E-state index in [9.17, 15) is 16.8 Å². The minimum atomic E-state index is -4.28. The van der Waals surface area contributed by atoms with Crippen LogP contribution in [0.3, 0.4) is 0 Å². The van der Waals surface area contributed by atoms with Crippen LogP contribution in [-0.4, -0.2) is 36.9 Å². The van der Waals surface area contributed by atoms with Gasteiger partial charge >= 0.3 is 0 Å². The van der Waals surface area contributed by atoms with Crippen LogP contribution in [0.15, 0.2) is 0 Å². The Balaban J connectivity index is 4.35. The molecule has 1 unspecified atom stereocenters. The second-order valence-corrected chi connectivity index (χ2v) is 5.77. The molecule has 0 heterocycles. The van der Waals surface area contributed by atoms with Gasteiger partial charge in [0, 0.05) is 0 Å². The van der Waals surface area contributed by atoms with Crippen molar-refractivity contribution in [3.63, 3.8) is 0 Å². The van der Waals surface area contributed by atoms with Gasteiger partial charge < -0.3 is 0 Å². The maximum absolute atomic E-state index is 10.5. The van der Waals surface area contributed by atoms with Crippen LogP contribution in [0.2, 0.25) is 0 Å². The van der Waals surface area contributed by atoms with Crippen molar-refractivity contribution in [2.75, 3.05) is 5.75 Å². The van der Waals surface area contributed by atoms with Gasteiger partial charge in [0.1, 0.15) is 0 Å². The van der Waals surface area contributed by atoms with Gasteiger partial charge in [0.05, 0.1) is 11.0 Å². The zero-order valence-electron chi connectivity index (χ0n) is 6.75. The summed E-state index contributed by atoms with van der Waals surface area (Å²) in [5.74, 6) is -0.701. The van der Waals surface area contributed by atoms with E-state index in [0.29, 0.717) is 0 Å². The average molecular weight is 231 g/mol. The van der Waals surface area contributed by atoms with E-state index in [1.165, 1.54) is 0 Å². The molecular weight excluding hydrogens is 220 g/mol. The van der Waals surface area contributed by atoms with Crippen molar-refractivity contribution in [1.29, 1.82) is 0 Å². The van der Waals surface area contributed by atoms with Crippen LogP contribution in [-0.2, 0) is 20.2 Å². The largest absolute Gasteiger partial charge is 0.286 e. The first-order valence-corrected chi connectivity index (χ1v) is 6.49. The summed E-state index contributed by atoms with van der Waals surface area (Å²) in [6.07, 6.45) is -0.504. The van der Waals surface area contributed by atoms with Crippen LogP contribution < -0.4 is 0 Å². The summed E-state index contributed by atoms with van der Waals surface area (Å²) >= 11 is 0. The Morgan fingerprint density at radius 2 is 1.62 bits per heavy atom. The summed E-state index contributed by atoms with van der Waals surface area (Å²) in [7, 11) is -8.47. The Kier molecular flexibility index (Phi) is 4.30. The number of hydrogen-bond acceptors (Lipinski definition) is 4. The van der Waals surface area contributed by atoms with Crippen LogP contribution in [0.1, 0.15) is 12.8 Å². The molecule has 0 aromatic rings. The highest BCUT2D eigenvalue weighted by Gasteiger charge is 2.22. The molecule has 0 aromatic carbocycles. The lowest BCUT2D eigenvalue weighted by Crippen LogP contribution is -2.23. The fourth-order valence-electron chi connectivity index (χ4n) is 0.723. The van der Waals surface area contributed by atoms with E-state index in [1.54, 1.807) is 0 Å². The molecule has 13 heavy (non-hydrogen) atoms. The molecule has 79 valence electrons. The van der Waals surface area contributed by atoms with E-state index in [1.807, 2.05) is 0 Å². The Hall–Kier alpha value is -0.180. The first-order valence-electron chi connectivity index (χ1n) is 3.37. The van der Waals surface area contributed by atoms with Crippen molar-refractivity contribution in [2.24, 2.45) is 0 Å². The van der Waals surface area contributed by atoms with Crippen LogP contribution in [0, 0.1) is 6.92 Å². The quantitative estimate of drug-likeness (QED) is 0.631. The molecule has 0 bridgehead atoms. The van der Waals surface area contributed by atoms with Gasteiger partial charge in [-0.25, -0.2) is 0 Å². The van der Waals surface area contributed by atoms with E-state index in [4.69, 9.17) is 9.11 Å². The average Bonchev–Trinajstić information content (AvgIpc) is 1.82. The van der Waals surface area contributed by atoms with Crippen LogP contribution in [0.5, 0.6) is 0 Å². The minimum absolute atomic E-state index is 0.144. The molecule has 0 aliphatic heterocycles. The van der Waals surface area contributed by atoms with Crippen molar-refractivity contribution < 1.29 is 25.9 Å². The first kappa shape index (κ1) is 12.8. The topological polar surface area (TPSA) is 109 Å². The molecule has 0 aliphatic carbocycles. The third kappa shape index (κ3) is 5.97. The number of hydrogen-bond donors (Lipinski definition) is 2. The fourth-order valence-corrected chi connectivity index (χ4v) is 2.17. The van der Waals surface area contributed by atoms with E-state index < -0.39 is 31.2 Å². The molecule has 1 atom stereocenters. The molecule has 2 N–H and O–H groups in total. The molecule has 0 fully saturated rings. The lowest BCUT2D eigenvalue weighted by atomic mass is 10.3. The van der Waals surface area contributed by atoms with E-state index in [0.717, 1.165) is 0 Å². The summed E-state index contributed by atoms with van der Waals surface area (Å²) in [5, 5.41) is -1.24. The summed E-state index contributed by atoms with van der Waals surface area (Å²) < 4.78 is 58.3. The second kappa shape index (κ2) is 4.36. The molecule has 1 radical (unpaired) electrons. The van der Waals surface area contributed by atoms with Crippen molar-refractivity contribution in [3.05, 3.63) is 6.92 Å². The molecular formula is C5H11O6S2. The molecule has 6 nitrogen and oxygen atoms in total. The van der Waals surface area contributed by atoms with Gasteiger partial charge in [-0.3, -0.25) is 9.11 Å². The van der Waals surface area contributed by atoms with Gasteiger partial charge in [-0.2, -0.15) is 16.8 Å². The molecule has 0 aliphatic rings.